The first kappa shape index (κ1) is 9.57. The molecule has 1 aliphatic heterocycles. The number of rotatable bonds is 3. The Balaban J connectivity index is 1.87. The van der Waals surface area contributed by atoms with Gasteiger partial charge in [-0.15, -0.1) is 11.8 Å². The lowest BCUT2D eigenvalue weighted by atomic mass is 9.79. The van der Waals surface area contributed by atoms with Crippen LogP contribution in [-0.4, -0.2) is 16.3 Å². The molecule has 0 N–H and O–H groups in total. The molecule has 1 saturated heterocycles. The molecule has 2 fully saturated rings. The van der Waals surface area contributed by atoms with Crippen molar-refractivity contribution in [2.75, 3.05) is 5.75 Å². The molecule has 0 amide bonds. The first-order chi connectivity index (χ1) is 6.21. The minimum absolute atomic E-state index is 0.00437. The Bertz CT molecular complexity index is 202. The monoisotopic (exact) mass is 198 g/mol. The summed E-state index contributed by atoms with van der Waals surface area (Å²) in [4.78, 5) is 11.9. The highest BCUT2D eigenvalue weighted by Gasteiger charge is 2.38. The molecule has 0 radical (unpaired) electrons. The summed E-state index contributed by atoms with van der Waals surface area (Å²) in [6, 6.07) is 0. The van der Waals surface area contributed by atoms with E-state index in [-0.39, 0.29) is 4.75 Å². The Morgan fingerprint density at radius 2 is 2.23 bits per heavy atom. The fourth-order valence-corrected chi connectivity index (χ4v) is 3.45. The quantitative estimate of drug-likeness (QED) is 0.693. The van der Waals surface area contributed by atoms with Crippen LogP contribution in [-0.2, 0) is 4.79 Å². The van der Waals surface area contributed by atoms with E-state index in [0.717, 1.165) is 18.8 Å². The lowest BCUT2D eigenvalue weighted by Gasteiger charge is -2.29. The van der Waals surface area contributed by atoms with Crippen LogP contribution in [0.3, 0.4) is 0 Å². The summed E-state index contributed by atoms with van der Waals surface area (Å²) in [6.45, 7) is 2.14. The van der Waals surface area contributed by atoms with Gasteiger partial charge in [0.15, 0.2) is 0 Å². The van der Waals surface area contributed by atoms with E-state index in [0.29, 0.717) is 5.78 Å². The molecule has 1 atom stereocenters. The zero-order valence-corrected chi connectivity index (χ0v) is 9.16. The van der Waals surface area contributed by atoms with E-state index in [1.165, 1.54) is 31.4 Å². The zero-order chi connectivity index (χ0) is 9.31. The topological polar surface area (TPSA) is 17.1 Å². The van der Waals surface area contributed by atoms with Gasteiger partial charge in [-0.25, -0.2) is 0 Å². The normalized spacial score (nSPS) is 34.5. The van der Waals surface area contributed by atoms with Crippen molar-refractivity contribution in [1.29, 1.82) is 0 Å². The largest absolute Gasteiger partial charge is 0.298 e. The van der Waals surface area contributed by atoms with E-state index in [1.54, 1.807) is 0 Å². The van der Waals surface area contributed by atoms with Gasteiger partial charge in [-0.05, 0) is 31.4 Å². The molecule has 1 saturated carbocycles. The van der Waals surface area contributed by atoms with Gasteiger partial charge < -0.3 is 0 Å². The molecule has 0 aromatic heterocycles. The van der Waals surface area contributed by atoms with Crippen molar-refractivity contribution in [3.8, 4) is 0 Å². The second kappa shape index (κ2) is 3.64. The van der Waals surface area contributed by atoms with Crippen LogP contribution in [0.15, 0.2) is 0 Å². The Kier molecular flexibility index (Phi) is 2.68. The summed E-state index contributed by atoms with van der Waals surface area (Å²) in [5.74, 6) is 2.46. The Morgan fingerprint density at radius 3 is 2.69 bits per heavy atom. The standard InChI is InChI=1S/C11H18OS/c1-11(6-3-7-13-11)10(12)8-9-4-2-5-9/h9H,2-8H2,1H3. The van der Waals surface area contributed by atoms with Crippen LogP contribution in [0.2, 0.25) is 0 Å². The molecular formula is C11H18OS. The summed E-state index contributed by atoms with van der Waals surface area (Å²) in [7, 11) is 0. The summed E-state index contributed by atoms with van der Waals surface area (Å²) >= 11 is 1.88. The highest BCUT2D eigenvalue weighted by molar-refractivity contribution is 8.01. The number of hydrogen-bond donors (Lipinski definition) is 0. The molecule has 1 nitrogen and oxygen atoms in total. The summed E-state index contributed by atoms with van der Waals surface area (Å²) < 4.78 is -0.00437. The van der Waals surface area contributed by atoms with Crippen molar-refractivity contribution in [3.05, 3.63) is 0 Å². The molecule has 0 spiro atoms. The van der Waals surface area contributed by atoms with E-state index in [2.05, 4.69) is 6.92 Å². The molecule has 1 unspecified atom stereocenters. The lowest BCUT2D eigenvalue weighted by Crippen LogP contribution is -2.31. The first-order valence-electron chi connectivity index (χ1n) is 5.38. The van der Waals surface area contributed by atoms with Crippen LogP contribution in [0, 0.1) is 5.92 Å². The molecule has 2 heteroatoms. The van der Waals surface area contributed by atoms with Crippen LogP contribution in [0.5, 0.6) is 0 Å². The van der Waals surface area contributed by atoms with Crippen LogP contribution in [0.25, 0.3) is 0 Å². The van der Waals surface area contributed by atoms with E-state index < -0.39 is 0 Å². The molecule has 0 bridgehead atoms. The van der Waals surface area contributed by atoms with Crippen LogP contribution in [0.1, 0.15) is 45.4 Å². The molecule has 1 aliphatic carbocycles. The summed E-state index contributed by atoms with van der Waals surface area (Å²) in [6.07, 6.45) is 7.16. The van der Waals surface area contributed by atoms with Gasteiger partial charge in [0.25, 0.3) is 0 Å². The SMILES string of the molecule is CC1(C(=O)CC2CCC2)CCCS1. The third-order valence-electron chi connectivity index (χ3n) is 3.51. The summed E-state index contributed by atoms with van der Waals surface area (Å²) in [5, 5.41) is 0. The van der Waals surface area contributed by atoms with Gasteiger partial charge >= 0.3 is 0 Å². The predicted octanol–water partition coefficient (Wildman–Crippen LogP) is 3.03. The maximum absolute atomic E-state index is 11.9. The van der Waals surface area contributed by atoms with Crippen molar-refractivity contribution >= 4 is 17.5 Å². The fourth-order valence-electron chi connectivity index (χ4n) is 2.17. The average molecular weight is 198 g/mol. The first-order valence-corrected chi connectivity index (χ1v) is 6.36. The van der Waals surface area contributed by atoms with Crippen LogP contribution >= 0.6 is 11.8 Å². The second-order valence-corrected chi connectivity index (χ2v) is 6.21. The van der Waals surface area contributed by atoms with Crippen molar-refractivity contribution in [2.24, 2.45) is 5.92 Å². The van der Waals surface area contributed by atoms with Gasteiger partial charge in [0.1, 0.15) is 5.78 Å². The fraction of sp³-hybridized carbons (Fsp3) is 0.909. The Labute approximate surface area is 84.7 Å². The number of hydrogen-bond acceptors (Lipinski definition) is 2. The molecule has 1 heterocycles. The second-order valence-electron chi connectivity index (χ2n) is 4.61. The Morgan fingerprint density at radius 1 is 1.46 bits per heavy atom. The third kappa shape index (κ3) is 1.93. The van der Waals surface area contributed by atoms with Gasteiger partial charge in [0.05, 0.1) is 4.75 Å². The van der Waals surface area contributed by atoms with Gasteiger partial charge in [-0.3, -0.25) is 4.79 Å². The van der Waals surface area contributed by atoms with Crippen LogP contribution < -0.4 is 0 Å². The maximum Gasteiger partial charge on any atom is 0.148 e. The molecule has 2 aliphatic rings. The number of carbonyl (C=O) groups excluding carboxylic acids is 1. The highest BCUT2D eigenvalue weighted by Crippen LogP contribution is 2.41. The zero-order valence-electron chi connectivity index (χ0n) is 8.34. The molecule has 0 aromatic carbocycles. The number of ketones is 1. The third-order valence-corrected chi connectivity index (χ3v) is 5.07. The lowest BCUT2D eigenvalue weighted by molar-refractivity contribution is -0.122. The maximum atomic E-state index is 11.9. The van der Waals surface area contributed by atoms with Gasteiger partial charge in [0, 0.05) is 6.42 Å². The minimum Gasteiger partial charge on any atom is -0.298 e. The minimum atomic E-state index is -0.00437. The van der Waals surface area contributed by atoms with Crippen molar-refractivity contribution < 1.29 is 4.79 Å². The van der Waals surface area contributed by atoms with Gasteiger partial charge in [0.2, 0.25) is 0 Å². The Hall–Kier alpha value is 0.0200. The number of Topliss-reactive ketones (excluding diaryl/α,β-unsaturated/α-hetero) is 1. The summed E-state index contributed by atoms with van der Waals surface area (Å²) in [5.41, 5.74) is 0. The number of carbonyl (C=O) groups is 1. The van der Waals surface area contributed by atoms with Crippen molar-refractivity contribution in [2.45, 2.75) is 50.2 Å². The van der Waals surface area contributed by atoms with Gasteiger partial charge in [-0.1, -0.05) is 19.3 Å². The van der Waals surface area contributed by atoms with E-state index in [9.17, 15) is 4.79 Å². The van der Waals surface area contributed by atoms with E-state index in [4.69, 9.17) is 0 Å². The van der Waals surface area contributed by atoms with Crippen LogP contribution in [0.4, 0.5) is 0 Å². The molecule has 74 valence electrons. The molecular weight excluding hydrogens is 180 g/mol. The smallest absolute Gasteiger partial charge is 0.148 e. The predicted molar refractivity (Wildman–Crippen MR) is 57.1 cm³/mol. The van der Waals surface area contributed by atoms with Gasteiger partial charge in [-0.2, -0.15) is 0 Å². The molecule has 0 aromatic rings. The molecule has 13 heavy (non-hydrogen) atoms. The van der Waals surface area contributed by atoms with Crippen molar-refractivity contribution in [3.63, 3.8) is 0 Å². The number of thioether (sulfide) groups is 1. The van der Waals surface area contributed by atoms with E-state index in [1.807, 2.05) is 11.8 Å². The highest BCUT2D eigenvalue weighted by atomic mass is 32.2. The van der Waals surface area contributed by atoms with Crippen molar-refractivity contribution in [1.82, 2.24) is 0 Å². The average Bonchev–Trinajstić information content (AvgIpc) is 2.45. The molecule has 2 rings (SSSR count). The van der Waals surface area contributed by atoms with E-state index >= 15 is 0 Å².